The molecule has 0 unspecified atom stereocenters. The van der Waals surface area contributed by atoms with Crippen molar-refractivity contribution in [3.8, 4) is 0 Å². The van der Waals surface area contributed by atoms with Crippen LogP contribution in [0.2, 0.25) is 0 Å². The van der Waals surface area contributed by atoms with Crippen LogP contribution in [0.4, 0.5) is 0 Å². The largest absolute Gasteiger partial charge is 0.331 e. The second-order valence-corrected chi connectivity index (χ2v) is 9.29. The van der Waals surface area contributed by atoms with Gasteiger partial charge in [-0.2, -0.15) is 0 Å². The predicted molar refractivity (Wildman–Crippen MR) is 98.0 cm³/mol. The molecule has 27 heavy (non-hydrogen) atoms. The van der Waals surface area contributed by atoms with Gasteiger partial charge in [0.15, 0.2) is 0 Å². The van der Waals surface area contributed by atoms with Crippen LogP contribution in [-0.2, 0) is 21.4 Å². The van der Waals surface area contributed by atoms with Crippen molar-refractivity contribution in [1.82, 2.24) is 24.5 Å². The van der Waals surface area contributed by atoms with E-state index in [0.717, 1.165) is 10.6 Å². The summed E-state index contributed by atoms with van der Waals surface area (Å²) in [6.45, 7) is 4.68. The third kappa shape index (κ3) is 3.43. The van der Waals surface area contributed by atoms with Gasteiger partial charge in [-0.3, -0.25) is 14.6 Å². The number of carbonyl (C=O) groups is 2. The van der Waals surface area contributed by atoms with Crippen molar-refractivity contribution >= 4 is 21.8 Å². The quantitative estimate of drug-likeness (QED) is 0.738. The standard InChI is InChI=1S/C17H25N5O4S/c1-10(2)14-15-13(22(17(14)24)27(4,25)26)5-6-21(15)16(23)12-9-19-11(7-18-3)8-20-12/h8-10,13-15,18H,5-7H2,1-4H3/t13-,14+,15-/m0/s1. The molecule has 2 fully saturated rings. The zero-order chi connectivity index (χ0) is 19.9. The Morgan fingerprint density at radius 2 is 2.04 bits per heavy atom. The maximum absolute atomic E-state index is 13.0. The summed E-state index contributed by atoms with van der Waals surface area (Å²) in [5.74, 6) is -1.38. The third-order valence-corrected chi connectivity index (χ3v) is 6.38. The highest BCUT2D eigenvalue weighted by molar-refractivity contribution is 7.88. The van der Waals surface area contributed by atoms with Gasteiger partial charge in [-0.25, -0.2) is 17.7 Å². The molecule has 0 aromatic carbocycles. The molecule has 1 aromatic heterocycles. The summed E-state index contributed by atoms with van der Waals surface area (Å²) in [5.41, 5.74) is 0.913. The average molecular weight is 395 g/mol. The number of hydrogen-bond acceptors (Lipinski definition) is 7. The van der Waals surface area contributed by atoms with Gasteiger partial charge in [0.25, 0.3) is 5.91 Å². The summed E-state index contributed by atoms with van der Waals surface area (Å²) in [5, 5.41) is 2.96. The highest BCUT2D eigenvalue weighted by Crippen LogP contribution is 2.41. The van der Waals surface area contributed by atoms with Crippen LogP contribution in [-0.4, -0.2) is 71.3 Å². The van der Waals surface area contributed by atoms with E-state index in [1.54, 1.807) is 18.1 Å². The Hall–Kier alpha value is -2.07. The normalized spacial score (nSPS) is 25.4. The third-order valence-electron chi connectivity index (χ3n) is 5.21. The molecular formula is C17H25N5O4S. The minimum absolute atomic E-state index is 0.0887. The smallest absolute Gasteiger partial charge is 0.274 e. The lowest BCUT2D eigenvalue weighted by Gasteiger charge is -2.28. The highest BCUT2D eigenvalue weighted by atomic mass is 32.2. The molecule has 10 heteroatoms. The van der Waals surface area contributed by atoms with Crippen molar-refractivity contribution in [3.05, 3.63) is 23.8 Å². The molecular weight excluding hydrogens is 370 g/mol. The lowest BCUT2D eigenvalue weighted by molar-refractivity contribution is -0.129. The molecule has 3 rings (SSSR count). The average Bonchev–Trinajstić information content (AvgIpc) is 3.10. The molecule has 3 atom stereocenters. The van der Waals surface area contributed by atoms with Crippen LogP contribution in [0.5, 0.6) is 0 Å². The first-order valence-electron chi connectivity index (χ1n) is 8.96. The molecule has 2 aliphatic rings. The van der Waals surface area contributed by atoms with E-state index < -0.39 is 33.9 Å². The number of hydrogen-bond donors (Lipinski definition) is 1. The van der Waals surface area contributed by atoms with Crippen LogP contribution in [0.3, 0.4) is 0 Å². The van der Waals surface area contributed by atoms with Gasteiger partial charge >= 0.3 is 0 Å². The van der Waals surface area contributed by atoms with Crippen molar-refractivity contribution in [3.63, 3.8) is 0 Å². The van der Waals surface area contributed by atoms with Crippen molar-refractivity contribution in [2.24, 2.45) is 11.8 Å². The first-order chi connectivity index (χ1) is 12.7. The molecule has 0 aliphatic carbocycles. The number of nitrogens with zero attached hydrogens (tertiary/aromatic N) is 4. The van der Waals surface area contributed by atoms with E-state index >= 15 is 0 Å². The van der Waals surface area contributed by atoms with Crippen molar-refractivity contribution in [2.45, 2.75) is 38.9 Å². The van der Waals surface area contributed by atoms with Gasteiger partial charge in [0.1, 0.15) is 5.69 Å². The highest BCUT2D eigenvalue weighted by Gasteiger charge is 2.58. The Labute approximate surface area is 159 Å². The molecule has 0 radical (unpaired) electrons. The zero-order valence-corrected chi connectivity index (χ0v) is 16.7. The van der Waals surface area contributed by atoms with Gasteiger partial charge in [-0.15, -0.1) is 0 Å². The van der Waals surface area contributed by atoms with Crippen LogP contribution >= 0.6 is 0 Å². The van der Waals surface area contributed by atoms with E-state index in [0.29, 0.717) is 25.2 Å². The summed E-state index contributed by atoms with van der Waals surface area (Å²) in [6.07, 6.45) is 4.45. The fourth-order valence-electron chi connectivity index (χ4n) is 4.16. The van der Waals surface area contributed by atoms with Gasteiger partial charge in [-0.1, -0.05) is 13.8 Å². The Morgan fingerprint density at radius 3 is 2.56 bits per heavy atom. The van der Waals surface area contributed by atoms with E-state index in [1.807, 2.05) is 13.8 Å². The molecule has 0 bridgehead atoms. The molecule has 9 nitrogen and oxygen atoms in total. The number of nitrogens with one attached hydrogen (secondary N) is 1. The Bertz CT molecular complexity index is 839. The van der Waals surface area contributed by atoms with Crippen LogP contribution < -0.4 is 5.32 Å². The first-order valence-corrected chi connectivity index (χ1v) is 10.8. The number of fused-ring (bicyclic) bond motifs is 1. The van der Waals surface area contributed by atoms with Crippen LogP contribution in [0.15, 0.2) is 12.4 Å². The van der Waals surface area contributed by atoms with E-state index in [1.165, 1.54) is 6.20 Å². The number of amides is 2. The monoisotopic (exact) mass is 395 g/mol. The maximum Gasteiger partial charge on any atom is 0.274 e. The minimum Gasteiger partial charge on any atom is -0.331 e. The predicted octanol–water partition coefficient (Wildman–Crippen LogP) is -0.147. The van der Waals surface area contributed by atoms with E-state index in [9.17, 15) is 18.0 Å². The number of likely N-dealkylation sites (tertiary alicyclic amines) is 1. The molecule has 0 saturated carbocycles. The number of aromatic nitrogens is 2. The van der Waals surface area contributed by atoms with E-state index in [-0.39, 0.29) is 17.5 Å². The van der Waals surface area contributed by atoms with Crippen molar-refractivity contribution < 1.29 is 18.0 Å². The SMILES string of the molecule is CNCc1cnc(C(=O)N2CC[C@H]3[C@H]2[C@@H](C(C)C)C(=O)N3S(C)(=O)=O)cn1. The van der Waals surface area contributed by atoms with Crippen LogP contribution in [0, 0.1) is 11.8 Å². The van der Waals surface area contributed by atoms with Crippen LogP contribution in [0.1, 0.15) is 36.5 Å². The van der Waals surface area contributed by atoms with Crippen molar-refractivity contribution in [1.29, 1.82) is 0 Å². The summed E-state index contributed by atoms with van der Waals surface area (Å²) >= 11 is 0. The first kappa shape index (κ1) is 19.7. The van der Waals surface area contributed by atoms with Gasteiger partial charge in [0.2, 0.25) is 15.9 Å². The molecule has 2 saturated heterocycles. The Morgan fingerprint density at radius 1 is 1.33 bits per heavy atom. The molecule has 3 heterocycles. The summed E-state index contributed by atoms with van der Waals surface area (Å²) in [6, 6.07) is -0.987. The summed E-state index contributed by atoms with van der Waals surface area (Å²) < 4.78 is 25.3. The maximum atomic E-state index is 13.0. The summed E-state index contributed by atoms with van der Waals surface area (Å²) in [4.78, 5) is 35.8. The van der Waals surface area contributed by atoms with E-state index in [4.69, 9.17) is 0 Å². The second kappa shape index (κ2) is 7.16. The minimum atomic E-state index is -3.69. The Kier molecular flexibility index (Phi) is 5.22. The molecule has 1 aromatic rings. The van der Waals surface area contributed by atoms with Crippen molar-refractivity contribution in [2.75, 3.05) is 19.8 Å². The second-order valence-electron chi connectivity index (χ2n) is 7.44. The number of sulfonamides is 1. The fourth-order valence-corrected chi connectivity index (χ4v) is 5.33. The van der Waals surface area contributed by atoms with Crippen LogP contribution in [0.25, 0.3) is 0 Å². The summed E-state index contributed by atoms with van der Waals surface area (Å²) in [7, 11) is -1.89. The molecule has 148 valence electrons. The van der Waals surface area contributed by atoms with Gasteiger partial charge < -0.3 is 10.2 Å². The van der Waals surface area contributed by atoms with Gasteiger partial charge in [-0.05, 0) is 19.4 Å². The number of rotatable bonds is 5. The zero-order valence-electron chi connectivity index (χ0n) is 15.9. The molecule has 1 N–H and O–H groups in total. The van der Waals surface area contributed by atoms with E-state index in [2.05, 4.69) is 15.3 Å². The fraction of sp³-hybridized carbons (Fsp3) is 0.647. The number of carbonyl (C=O) groups excluding carboxylic acids is 2. The Balaban J connectivity index is 1.91. The lowest BCUT2D eigenvalue weighted by Crippen LogP contribution is -2.44. The molecule has 2 aliphatic heterocycles. The van der Waals surface area contributed by atoms with Gasteiger partial charge in [0.05, 0.1) is 42.3 Å². The molecule has 2 amide bonds. The lowest BCUT2D eigenvalue weighted by atomic mass is 9.88. The topological polar surface area (TPSA) is 113 Å². The van der Waals surface area contributed by atoms with Gasteiger partial charge in [0, 0.05) is 13.1 Å². The molecule has 0 spiro atoms.